The number of aliphatic hydroxyl groups excluding tert-OH is 2. The van der Waals surface area contributed by atoms with E-state index < -0.39 is 28.8 Å². The molecule has 0 spiro atoms. The molecular formula is C36H46O4Si2. The van der Waals surface area contributed by atoms with E-state index in [-0.39, 0.29) is 23.3 Å². The van der Waals surface area contributed by atoms with Gasteiger partial charge in [-0.2, -0.15) is 0 Å². The van der Waals surface area contributed by atoms with Gasteiger partial charge in [-0.05, 0) is 30.8 Å². The van der Waals surface area contributed by atoms with Crippen LogP contribution in [-0.2, 0) is 8.85 Å². The van der Waals surface area contributed by atoms with Crippen molar-refractivity contribution < 1.29 is 19.1 Å². The van der Waals surface area contributed by atoms with E-state index in [2.05, 4.69) is 90.1 Å². The normalized spacial score (nSPS) is 14.4. The Labute approximate surface area is 254 Å². The second kappa shape index (κ2) is 13.2. The molecular weight excluding hydrogens is 553 g/mol. The fourth-order valence-corrected chi connectivity index (χ4v) is 15.5. The van der Waals surface area contributed by atoms with Crippen LogP contribution in [0, 0.1) is 0 Å². The first kappa shape index (κ1) is 32.1. The average Bonchev–Trinajstić information content (AvgIpc) is 2.99. The highest BCUT2D eigenvalue weighted by Crippen LogP contribution is 2.39. The molecule has 0 aliphatic rings. The van der Waals surface area contributed by atoms with E-state index in [1.54, 1.807) is 0 Å². The van der Waals surface area contributed by atoms with E-state index in [4.69, 9.17) is 8.85 Å². The standard InChI is InChI=1S/C36H46O4Si2/c1-35(2,3)41(29-19-11-7-12-20-29,30-21-13-8-14-22-30)39-28-33(38)34(27-37)40-42(36(4,5)6,31-23-15-9-16-24-31)32-25-17-10-18-26-32/h7-26,33-34,37-38H,27-28H2,1-6H3/t33-,34+/m0/s1. The zero-order valence-electron chi connectivity index (χ0n) is 25.8. The summed E-state index contributed by atoms with van der Waals surface area (Å²) in [5, 5.41) is 26.5. The summed E-state index contributed by atoms with van der Waals surface area (Å²) in [5.74, 6) is 0. The summed E-state index contributed by atoms with van der Waals surface area (Å²) in [4.78, 5) is 0. The monoisotopic (exact) mass is 598 g/mol. The molecule has 0 radical (unpaired) electrons. The molecule has 0 heterocycles. The van der Waals surface area contributed by atoms with Gasteiger partial charge >= 0.3 is 0 Å². The molecule has 0 fully saturated rings. The van der Waals surface area contributed by atoms with Gasteiger partial charge in [0.15, 0.2) is 0 Å². The molecule has 4 aromatic rings. The van der Waals surface area contributed by atoms with E-state index in [0.29, 0.717) is 0 Å². The lowest BCUT2D eigenvalue weighted by molar-refractivity contribution is -0.0268. The summed E-state index contributed by atoms with van der Waals surface area (Å²) in [5.41, 5.74) is 0. The lowest BCUT2D eigenvalue weighted by Gasteiger charge is -2.46. The van der Waals surface area contributed by atoms with Crippen LogP contribution in [0.5, 0.6) is 0 Å². The Hall–Kier alpha value is -2.85. The second-order valence-corrected chi connectivity index (χ2v) is 21.6. The van der Waals surface area contributed by atoms with Crippen LogP contribution >= 0.6 is 0 Å². The number of rotatable bonds is 11. The lowest BCUT2D eigenvalue weighted by Crippen LogP contribution is -2.69. The fraction of sp³-hybridized carbons (Fsp3) is 0.333. The molecule has 0 saturated heterocycles. The van der Waals surface area contributed by atoms with Crippen molar-refractivity contribution in [1.82, 2.24) is 0 Å². The molecule has 0 amide bonds. The van der Waals surface area contributed by atoms with Crippen LogP contribution in [0.15, 0.2) is 121 Å². The molecule has 42 heavy (non-hydrogen) atoms. The van der Waals surface area contributed by atoms with Gasteiger partial charge in [-0.15, -0.1) is 0 Å². The highest BCUT2D eigenvalue weighted by atomic mass is 28.4. The highest BCUT2D eigenvalue weighted by Gasteiger charge is 2.53. The summed E-state index contributed by atoms with van der Waals surface area (Å²) in [7, 11) is -5.88. The Kier molecular flexibility index (Phi) is 10.1. The summed E-state index contributed by atoms with van der Waals surface area (Å²) in [6, 6.07) is 41.4. The Morgan fingerprint density at radius 3 is 1.14 bits per heavy atom. The summed E-state index contributed by atoms with van der Waals surface area (Å²) < 4.78 is 14.2. The molecule has 6 heteroatoms. The molecule has 0 aliphatic heterocycles. The molecule has 0 saturated carbocycles. The zero-order valence-corrected chi connectivity index (χ0v) is 27.8. The van der Waals surface area contributed by atoms with E-state index in [9.17, 15) is 10.2 Å². The predicted molar refractivity (Wildman–Crippen MR) is 179 cm³/mol. The fourth-order valence-electron chi connectivity index (χ4n) is 6.24. The number of aliphatic hydroxyl groups is 2. The third-order valence-corrected chi connectivity index (χ3v) is 18.3. The maximum Gasteiger partial charge on any atom is 0.261 e. The summed E-state index contributed by atoms with van der Waals surface area (Å²) in [6.45, 7) is 12.9. The SMILES string of the molecule is CC(C)(C)[Si](OC[C@H](O)[C@@H](CO)O[Si](c1ccccc1)(c1ccccc1)C(C)(C)C)(c1ccccc1)c1ccccc1. The van der Waals surface area contributed by atoms with Gasteiger partial charge < -0.3 is 19.1 Å². The van der Waals surface area contributed by atoms with Gasteiger partial charge in [0, 0.05) is 0 Å². The van der Waals surface area contributed by atoms with Crippen molar-refractivity contribution in [3.05, 3.63) is 121 Å². The van der Waals surface area contributed by atoms with Crippen LogP contribution in [0.1, 0.15) is 41.5 Å². The van der Waals surface area contributed by atoms with Crippen LogP contribution in [-0.4, -0.2) is 52.3 Å². The van der Waals surface area contributed by atoms with Crippen LogP contribution in [0.4, 0.5) is 0 Å². The van der Waals surface area contributed by atoms with Gasteiger partial charge in [0.25, 0.3) is 16.6 Å². The molecule has 4 rings (SSSR count). The third-order valence-electron chi connectivity index (χ3n) is 8.24. The molecule has 0 bridgehead atoms. The molecule has 2 N–H and O–H groups in total. The molecule has 4 nitrogen and oxygen atoms in total. The van der Waals surface area contributed by atoms with E-state index >= 15 is 0 Å². The van der Waals surface area contributed by atoms with Crippen LogP contribution in [0.3, 0.4) is 0 Å². The Morgan fingerprint density at radius 2 is 0.857 bits per heavy atom. The first-order chi connectivity index (χ1) is 20.0. The van der Waals surface area contributed by atoms with Gasteiger partial charge in [-0.25, -0.2) is 0 Å². The largest absolute Gasteiger partial charge is 0.405 e. The molecule has 0 aliphatic carbocycles. The van der Waals surface area contributed by atoms with Gasteiger partial charge in [0.2, 0.25) is 0 Å². The van der Waals surface area contributed by atoms with Gasteiger partial charge in [-0.3, -0.25) is 0 Å². The summed E-state index contributed by atoms with van der Waals surface area (Å²) in [6.07, 6.45) is -1.88. The van der Waals surface area contributed by atoms with Crippen LogP contribution < -0.4 is 20.7 Å². The van der Waals surface area contributed by atoms with Gasteiger partial charge in [0.05, 0.1) is 19.3 Å². The molecule has 0 unspecified atom stereocenters. The highest BCUT2D eigenvalue weighted by molar-refractivity contribution is 7.00. The van der Waals surface area contributed by atoms with Crippen molar-refractivity contribution in [2.45, 2.75) is 63.8 Å². The van der Waals surface area contributed by atoms with Gasteiger partial charge in [0.1, 0.15) is 6.10 Å². The maximum atomic E-state index is 11.8. The smallest absolute Gasteiger partial charge is 0.261 e. The number of hydrogen-bond acceptors (Lipinski definition) is 4. The Balaban J connectivity index is 1.75. The molecule has 0 aromatic heterocycles. The number of hydrogen-bond donors (Lipinski definition) is 2. The van der Waals surface area contributed by atoms with E-state index in [1.165, 1.54) is 0 Å². The first-order valence-corrected chi connectivity index (χ1v) is 18.6. The second-order valence-electron chi connectivity index (χ2n) is 13.0. The van der Waals surface area contributed by atoms with Gasteiger partial charge in [-0.1, -0.05) is 163 Å². The Morgan fingerprint density at radius 1 is 0.548 bits per heavy atom. The third kappa shape index (κ3) is 6.25. The quantitative estimate of drug-likeness (QED) is 0.242. The van der Waals surface area contributed by atoms with E-state index in [1.807, 2.05) is 72.8 Å². The first-order valence-electron chi connectivity index (χ1n) is 14.8. The zero-order chi connectivity index (χ0) is 30.4. The number of benzene rings is 4. The van der Waals surface area contributed by atoms with Crippen molar-refractivity contribution in [2.24, 2.45) is 0 Å². The molecule has 2 atom stereocenters. The predicted octanol–water partition coefficient (Wildman–Crippen LogP) is 4.86. The van der Waals surface area contributed by atoms with E-state index in [0.717, 1.165) is 20.7 Å². The lowest BCUT2D eigenvalue weighted by atomic mass is 10.2. The minimum atomic E-state index is -3.00. The Bertz CT molecular complexity index is 1290. The van der Waals surface area contributed by atoms with Crippen molar-refractivity contribution in [1.29, 1.82) is 0 Å². The molecule has 4 aromatic carbocycles. The minimum Gasteiger partial charge on any atom is -0.405 e. The van der Waals surface area contributed by atoms with Crippen molar-refractivity contribution in [3.8, 4) is 0 Å². The maximum absolute atomic E-state index is 11.8. The van der Waals surface area contributed by atoms with Crippen LogP contribution in [0.2, 0.25) is 10.1 Å². The van der Waals surface area contributed by atoms with Crippen molar-refractivity contribution in [3.63, 3.8) is 0 Å². The van der Waals surface area contributed by atoms with Crippen LogP contribution in [0.25, 0.3) is 0 Å². The van der Waals surface area contributed by atoms with Crippen molar-refractivity contribution >= 4 is 37.4 Å². The minimum absolute atomic E-state index is 0.0384. The topological polar surface area (TPSA) is 58.9 Å². The average molecular weight is 599 g/mol. The summed E-state index contributed by atoms with van der Waals surface area (Å²) >= 11 is 0. The molecule has 222 valence electrons. The van der Waals surface area contributed by atoms with Crippen molar-refractivity contribution in [2.75, 3.05) is 13.2 Å².